The summed E-state index contributed by atoms with van der Waals surface area (Å²) < 4.78 is 0. The Bertz CT molecular complexity index is 369. The molecule has 2 heteroatoms. The Kier molecular flexibility index (Phi) is 6.88. The molecule has 19 heavy (non-hydrogen) atoms. The molecule has 0 atom stereocenters. The number of halogens is 1. The monoisotopic (exact) mass is 281 g/mol. The van der Waals surface area contributed by atoms with Gasteiger partial charge in [0.25, 0.3) is 0 Å². The quantitative estimate of drug-likeness (QED) is 0.712. The van der Waals surface area contributed by atoms with E-state index in [0.29, 0.717) is 11.3 Å². The first-order valence-electron chi connectivity index (χ1n) is 7.47. The van der Waals surface area contributed by atoms with Gasteiger partial charge in [-0.2, -0.15) is 0 Å². The van der Waals surface area contributed by atoms with E-state index in [1.54, 1.807) is 0 Å². The third-order valence-electron chi connectivity index (χ3n) is 4.08. The van der Waals surface area contributed by atoms with Crippen molar-refractivity contribution in [1.29, 1.82) is 0 Å². The SMILES string of the molecule is CCC(CC)(CNCC(C)C)Cc1ccccc1Cl. The second-order valence-corrected chi connectivity index (χ2v) is 6.41. The Morgan fingerprint density at radius 2 is 1.79 bits per heavy atom. The summed E-state index contributed by atoms with van der Waals surface area (Å²) in [5.41, 5.74) is 1.60. The average Bonchev–Trinajstić information content (AvgIpc) is 2.39. The highest BCUT2D eigenvalue weighted by Gasteiger charge is 2.26. The molecule has 0 spiro atoms. The van der Waals surface area contributed by atoms with Crippen molar-refractivity contribution in [2.24, 2.45) is 11.3 Å². The second kappa shape index (κ2) is 7.91. The Balaban J connectivity index is 2.73. The molecule has 1 aromatic carbocycles. The van der Waals surface area contributed by atoms with Crippen molar-refractivity contribution in [3.05, 3.63) is 34.9 Å². The molecule has 0 bridgehead atoms. The Hall–Kier alpha value is -0.530. The predicted molar refractivity (Wildman–Crippen MR) is 85.9 cm³/mol. The molecule has 1 nitrogen and oxygen atoms in total. The molecule has 0 heterocycles. The molecule has 0 saturated heterocycles. The summed E-state index contributed by atoms with van der Waals surface area (Å²) in [6.07, 6.45) is 3.42. The molecule has 1 aromatic rings. The number of nitrogens with one attached hydrogen (secondary N) is 1. The molecular weight excluding hydrogens is 254 g/mol. The van der Waals surface area contributed by atoms with E-state index in [2.05, 4.69) is 45.1 Å². The minimum atomic E-state index is 0.319. The van der Waals surface area contributed by atoms with E-state index in [1.165, 1.54) is 18.4 Å². The topological polar surface area (TPSA) is 12.0 Å². The number of hydrogen-bond acceptors (Lipinski definition) is 1. The molecular formula is C17H28ClN. The lowest BCUT2D eigenvalue weighted by atomic mass is 9.77. The molecule has 108 valence electrons. The average molecular weight is 282 g/mol. The standard InChI is InChI=1S/C17H28ClN/c1-5-17(6-2,13-19-12-14(3)4)11-15-9-7-8-10-16(15)18/h7-10,14,19H,5-6,11-13H2,1-4H3. The van der Waals surface area contributed by atoms with E-state index in [9.17, 15) is 0 Å². The lowest BCUT2D eigenvalue weighted by Crippen LogP contribution is -2.37. The van der Waals surface area contributed by atoms with Gasteiger partial charge in [0.15, 0.2) is 0 Å². The molecule has 0 radical (unpaired) electrons. The zero-order valence-electron chi connectivity index (χ0n) is 12.8. The van der Waals surface area contributed by atoms with Gasteiger partial charge in [0.05, 0.1) is 0 Å². The first-order valence-corrected chi connectivity index (χ1v) is 7.85. The van der Waals surface area contributed by atoms with E-state index in [0.717, 1.165) is 24.5 Å². The van der Waals surface area contributed by atoms with Gasteiger partial charge in [-0.15, -0.1) is 0 Å². The van der Waals surface area contributed by atoms with Crippen molar-refractivity contribution in [2.75, 3.05) is 13.1 Å². The zero-order valence-corrected chi connectivity index (χ0v) is 13.6. The molecule has 0 saturated carbocycles. The van der Waals surface area contributed by atoms with Gasteiger partial charge in [0.1, 0.15) is 0 Å². The number of rotatable bonds is 8. The van der Waals surface area contributed by atoms with E-state index in [-0.39, 0.29) is 0 Å². The van der Waals surface area contributed by atoms with Crippen molar-refractivity contribution in [1.82, 2.24) is 5.32 Å². The van der Waals surface area contributed by atoms with Crippen LogP contribution in [0.2, 0.25) is 5.02 Å². The minimum Gasteiger partial charge on any atom is -0.316 e. The van der Waals surface area contributed by atoms with Gasteiger partial charge >= 0.3 is 0 Å². The van der Waals surface area contributed by atoms with Gasteiger partial charge in [-0.05, 0) is 48.8 Å². The van der Waals surface area contributed by atoms with E-state index < -0.39 is 0 Å². The molecule has 1 rings (SSSR count). The van der Waals surface area contributed by atoms with Crippen LogP contribution in [0.3, 0.4) is 0 Å². The summed E-state index contributed by atoms with van der Waals surface area (Å²) in [7, 11) is 0. The summed E-state index contributed by atoms with van der Waals surface area (Å²) in [5, 5.41) is 4.52. The maximum atomic E-state index is 6.31. The highest BCUT2D eigenvalue weighted by molar-refractivity contribution is 6.31. The van der Waals surface area contributed by atoms with Crippen molar-refractivity contribution in [3.63, 3.8) is 0 Å². The normalized spacial score (nSPS) is 12.1. The Morgan fingerprint density at radius 1 is 1.16 bits per heavy atom. The molecule has 1 N–H and O–H groups in total. The van der Waals surface area contributed by atoms with Gasteiger partial charge in [-0.1, -0.05) is 57.5 Å². The van der Waals surface area contributed by atoms with Gasteiger partial charge in [0.2, 0.25) is 0 Å². The lowest BCUT2D eigenvalue weighted by Gasteiger charge is -2.33. The van der Waals surface area contributed by atoms with Crippen LogP contribution >= 0.6 is 11.6 Å². The first kappa shape index (κ1) is 16.5. The van der Waals surface area contributed by atoms with Crippen molar-refractivity contribution in [2.45, 2.75) is 47.0 Å². The van der Waals surface area contributed by atoms with E-state index in [1.807, 2.05) is 12.1 Å². The zero-order chi connectivity index (χ0) is 14.3. The largest absolute Gasteiger partial charge is 0.316 e. The molecule has 0 unspecified atom stereocenters. The fraction of sp³-hybridized carbons (Fsp3) is 0.647. The van der Waals surface area contributed by atoms with Crippen LogP contribution < -0.4 is 5.32 Å². The number of benzene rings is 1. The van der Waals surface area contributed by atoms with Crippen LogP contribution in [-0.2, 0) is 6.42 Å². The summed E-state index contributed by atoms with van der Waals surface area (Å²) in [6, 6.07) is 8.24. The fourth-order valence-corrected chi connectivity index (χ4v) is 2.69. The summed E-state index contributed by atoms with van der Waals surface area (Å²) >= 11 is 6.31. The summed E-state index contributed by atoms with van der Waals surface area (Å²) in [6.45, 7) is 11.2. The van der Waals surface area contributed by atoms with Crippen molar-refractivity contribution >= 4 is 11.6 Å². The highest BCUT2D eigenvalue weighted by atomic mass is 35.5. The first-order chi connectivity index (χ1) is 9.03. The van der Waals surface area contributed by atoms with Crippen LogP contribution in [0.25, 0.3) is 0 Å². The maximum Gasteiger partial charge on any atom is 0.0438 e. The lowest BCUT2D eigenvalue weighted by molar-refractivity contribution is 0.243. The molecule has 0 aromatic heterocycles. The summed E-state index contributed by atoms with van der Waals surface area (Å²) in [5.74, 6) is 0.701. The number of hydrogen-bond donors (Lipinski definition) is 1. The maximum absolute atomic E-state index is 6.31. The molecule has 0 aliphatic rings. The van der Waals surface area contributed by atoms with Crippen LogP contribution in [0.5, 0.6) is 0 Å². The highest BCUT2D eigenvalue weighted by Crippen LogP contribution is 2.32. The molecule has 0 amide bonds. The van der Waals surface area contributed by atoms with Gasteiger partial charge in [-0.3, -0.25) is 0 Å². The third kappa shape index (κ3) is 5.16. The second-order valence-electron chi connectivity index (χ2n) is 6.00. The van der Waals surface area contributed by atoms with Crippen molar-refractivity contribution in [3.8, 4) is 0 Å². The van der Waals surface area contributed by atoms with Crippen LogP contribution in [0.4, 0.5) is 0 Å². The van der Waals surface area contributed by atoms with E-state index in [4.69, 9.17) is 11.6 Å². The van der Waals surface area contributed by atoms with Gasteiger partial charge < -0.3 is 5.32 Å². The Morgan fingerprint density at radius 3 is 2.32 bits per heavy atom. The van der Waals surface area contributed by atoms with Crippen LogP contribution in [-0.4, -0.2) is 13.1 Å². The molecule has 0 aliphatic carbocycles. The van der Waals surface area contributed by atoms with Crippen LogP contribution in [0, 0.1) is 11.3 Å². The predicted octanol–water partition coefficient (Wildman–Crippen LogP) is 4.93. The summed E-state index contributed by atoms with van der Waals surface area (Å²) in [4.78, 5) is 0. The third-order valence-corrected chi connectivity index (χ3v) is 4.44. The van der Waals surface area contributed by atoms with Gasteiger partial charge in [0, 0.05) is 11.6 Å². The van der Waals surface area contributed by atoms with Crippen LogP contribution in [0.1, 0.15) is 46.1 Å². The van der Waals surface area contributed by atoms with Crippen molar-refractivity contribution < 1.29 is 0 Å². The van der Waals surface area contributed by atoms with Gasteiger partial charge in [-0.25, -0.2) is 0 Å². The molecule has 0 fully saturated rings. The molecule has 0 aliphatic heterocycles. The van der Waals surface area contributed by atoms with E-state index >= 15 is 0 Å². The minimum absolute atomic E-state index is 0.319. The smallest absolute Gasteiger partial charge is 0.0438 e. The Labute approximate surface area is 123 Å². The van der Waals surface area contributed by atoms with Crippen LogP contribution in [0.15, 0.2) is 24.3 Å². The fourth-order valence-electron chi connectivity index (χ4n) is 2.48.